The van der Waals surface area contributed by atoms with E-state index in [2.05, 4.69) is 5.32 Å². The summed E-state index contributed by atoms with van der Waals surface area (Å²) in [6.45, 7) is 0.937. The first-order valence-electron chi connectivity index (χ1n) is 6.21. The van der Waals surface area contributed by atoms with Crippen LogP contribution in [0.25, 0.3) is 0 Å². The number of benzene rings is 2. The summed E-state index contributed by atoms with van der Waals surface area (Å²) in [6.07, 6.45) is 0.970. The molecule has 0 saturated heterocycles. The predicted octanol–water partition coefficient (Wildman–Crippen LogP) is 3.80. The Morgan fingerprint density at radius 3 is 2.85 bits per heavy atom. The van der Waals surface area contributed by atoms with Gasteiger partial charge in [-0.25, -0.2) is 4.79 Å². The van der Waals surface area contributed by atoms with Crippen LogP contribution in [0, 0.1) is 0 Å². The molecule has 0 atom stereocenters. The lowest BCUT2D eigenvalue weighted by Crippen LogP contribution is -1.96. The van der Waals surface area contributed by atoms with Gasteiger partial charge in [0.15, 0.2) is 0 Å². The van der Waals surface area contributed by atoms with Gasteiger partial charge in [0, 0.05) is 12.2 Å². The highest BCUT2D eigenvalue weighted by molar-refractivity contribution is 6.32. The van der Waals surface area contributed by atoms with Crippen molar-refractivity contribution >= 4 is 23.3 Å². The number of ether oxygens (including phenoxy) is 1. The second-order valence-corrected chi connectivity index (χ2v) is 4.96. The van der Waals surface area contributed by atoms with Crippen LogP contribution in [-0.2, 0) is 6.42 Å². The maximum absolute atomic E-state index is 10.8. The van der Waals surface area contributed by atoms with Gasteiger partial charge in [-0.1, -0.05) is 11.6 Å². The molecule has 2 N–H and O–H groups in total. The molecular formula is C15H12ClNO3. The summed E-state index contributed by atoms with van der Waals surface area (Å²) >= 11 is 6.04. The van der Waals surface area contributed by atoms with E-state index < -0.39 is 5.97 Å². The Balaban J connectivity index is 1.86. The number of carboxylic acid groups (broad SMARTS) is 1. The van der Waals surface area contributed by atoms with Gasteiger partial charge in [-0.05, 0) is 48.4 Å². The normalized spacial score (nSPS) is 12.7. The second-order valence-electron chi connectivity index (χ2n) is 4.55. The van der Waals surface area contributed by atoms with Crippen LogP contribution in [0.1, 0.15) is 15.9 Å². The van der Waals surface area contributed by atoms with Gasteiger partial charge >= 0.3 is 5.97 Å². The molecular weight excluding hydrogens is 278 g/mol. The molecule has 0 spiro atoms. The fourth-order valence-corrected chi connectivity index (χ4v) is 2.41. The molecule has 1 aliphatic rings. The Bertz CT molecular complexity index is 685. The average molecular weight is 290 g/mol. The second kappa shape index (κ2) is 5.06. The highest BCUT2D eigenvalue weighted by atomic mass is 35.5. The fourth-order valence-electron chi connectivity index (χ4n) is 2.19. The molecule has 0 amide bonds. The van der Waals surface area contributed by atoms with Gasteiger partial charge in [0.2, 0.25) is 0 Å². The molecule has 1 aliphatic heterocycles. The molecule has 0 fully saturated rings. The van der Waals surface area contributed by atoms with Gasteiger partial charge in [0.25, 0.3) is 0 Å². The van der Waals surface area contributed by atoms with Crippen molar-refractivity contribution in [3.05, 3.63) is 52.5 Å². The zero-order valence-electron chi connectivity index (χ0n) is 10.5. The van der Waals surface area contributed by atoms with Crippen LogP contribution >= 0.6 is 11.6 Å². The molecule has 0 bridgehead atoms. The molecule has 5 heteroatoms. The monoisotopic (exact) mass is 289 g/mol. The van der Waals surface area contributed by atoms with Crippen LogP contribution in [0.3, 0.4) is 0 Å². The van der Waals surface area contributed by atoms with E-state index in [0.29, 0.717) is 11.5 Å². The standard InChI is InChI=1S/C15H12ClNO3/c16-12-8-10(15(18)19)1-4-14(12)20-11-2-3-13-9(7-11)5-6-17-13/h1-4,7-8,17H,5-6H2,(H,18,19). The Morgan fingerprint density at radius 2 is 2.10 bits per heavy atom. The minimum Gasteiger partial charge on any atom is -0.478 e. The van der Waals surface area contributed by atoms with E-state index in [0.717, 1.165) is 18.7 Å². The topological polar surface area (TPSA) is 58.6 Å². The summed E-state index contributed by atoms with van der Waals surface area (Å²) in [6, 6.07) is 10.2. The first-order valence-corrected chi connectivity index (χ1v) is 6.59. The number of halogens is 1. The number of hydrogen-bond donors (Lipinski definition) is 2. The number of fused-ring (bicyclic) bond motifs is 1. The van der Waals surface area contributed by atoms with Crippen molar-refractivity contribution in [2.45, 2.75) is 6.42 Å². The summed E-state index contributed by atoms with van der Waals surface area (Å²) in [4.78, 5) is 10.8. The van der Waals surface area contributed by atoms with Crippen molar-refractivity contribution in [2.24, 2.45) is 0 Å². The lowest BCUT2D eigenvalue weighted by molar-refractivity contribution is 0.0697. The van der Waals surface area contributed by atoms with E-state index in [-0.39, 0.29) is 10.6 Å². The van der Waals surface area contributed by atoms with E-state index in [4.69, 9.17) is 21.4 Å². The largest absolute Gasteiger partial charge is 0.478 e. The SMILES string of the molecule is O=C(O)c1ccc(Oc2ccc3c(c2)CCN3)c(Cl)c1. The Labute approximate surface area is 120 Å². The predicted molar refractivity (Wildman–Crippen MR) is 77.1 cm³/mol. The summed E-state index contributed by atoms with van der Waals surface area (Å²) < 4.78 is 5.72. The highest BCUT2D eigenvalue weighted by Crippen LogP contribution is 2.33. The van der Waals surface area contributed by atoms with Crippen LogP contribution in [-0.4, -0.2) is 17.6 Å². The van der Waals surface area contributed by atoms with E-state index in [9.17, 15) is 4.79 Å². The molecule has 0 unspecified atom stereocenters. The Hall–Kier alpha value is -2.20. The van der Waals surface area contributed by atoms with Crippen molar-refractivity contribution in [2.75, 3.05) is 11.9 Å². The summed E-state index contributed by atoms with van der Waals surface area (Å²) in [7, 11) is 0. The molecule has 2 aromatic carbocycles. The van der Waals surface area contributed by atoms with Crippen molar-refractivity contribution in [3.8, 4) is 11.5 Å². The lowest BCUT2D eigenvalue weighted by Gasteiger charge is -2.09. The van der Waals surface area contributed by atoms with Crippen LogP contribution < -0.4 is 10.1 Å². The molecule has 20 heavy (non-hydrogen) atoms. The van der Waals surface area contributed by atoms with E-state index >= 15 is 0 Å². The van der Waals surface area contributed by atoms with Crippen molar-refractivity contribution in [1.82, 2.24) is 0 Å². The minimum absolute atomic E-state index is 0.139. The molecule has 0 saturated carbocycles. The Kier molecular flexibility index (Phi) is 3.24. The maximum atomic E-state index is 10.8. The molecule has 0 radical (unpaired) electrons. The molecule has 102 valence electrons. The van der Waals surface area contributed by atoms with E-state index in [1.54, 1.807) is 6.07 Å². The molecule has 0 aliphatic carbocycles. The van der Waals surface area contributed by atoms with Crippen molar-refractivity contribution in [3.63, 3.8) is 0 Å². The molecule has 1 heterocycles. The third kappa shape index (κ3) is 2.42. The van der Waals surface area contributed by atoms with Crippen LogP contribution in [0.5, 0.6) is 11.5 Å². The first-order chi connectivity index (χ1) is 9.63. The quantitative estimate of drug-likeness (QED) is 0.902. The van der Waals surface area contributed by atoms with Gasteiger partial charge in [0.05, 0.1) is 10.6 Å². The summed E-state index contributed by atoms with van der Waals surface area (Å²) in [5, 5.41) is 12.4. The summed E-state index contributed by atoms with van der Waals surface area (Å²) in [5.41, 5.74) is 2.48. The van der Waals surface area contributed by atoms with E-state index in [1.165, 1.54) is 17.7 Å². The van der Waals surface area contributed by atoms with Crippen LogP contribution in [0.15, 0.2) is 36.4 Å². The van der Waals surface area contributed by atoms with Crippen molar-refractivity contribution in [1.29, 1.82) is 0 Å². The van der Waals surface area contributed by atoms with Gasteiger partial charge in [-0.3, -0.25) is 0 Å². The van der Waals surface area contributed by atoms with Gasteiger partial charge in [0.1, 0.15) is 11.5 Å². The van der Waals surface area contributed by atoms with Gasteiger partial charge in [-0.15, -0.1) is 0 Å². The van der Waals surface area contributed by atoms with Gasteiger partial charge in [-0.2, -0.15) is 0 Å². The Morgan fingerprint density at radius 1 is 1.25 bits per heavy atom. The number of anilines is 1. The molecule has 3 rings (SSSR count). The lowest BCUT2D eigenvalue weighted by atomic mass is 10.1. The van der Waals surface area contributed by atoms with Crippen LogP contribution in [0.4, 0.5) is 5.69 Å². The number of carbonyl (C=O) groups is 1. The summed E-state index contributed by atoms with van der Waals surface area (Å²) in [5.74, 6) is 0.127. The first kappa shape index (κ1) is 12.8. The average Bonchev–Trinajstić information content (AvgIpc) is 2.88. The molecule has 0 aromatic heterocycles. The van der Waals surface area contributed by atoms with Gasteiger partial charge < -0.3 is 15.2 Å². The maximum Gasteiger partial charge on any atom is 0.335 e. The van der Waals surface area contributed by atoms with E-state index in [1.807, 2.05) is 18.2 Å². The zero-order valence-corrected chi connectivity index (χ0v) is 11.3. The zero-order chi connectivity index (χ0) is 14.1. The molecule has 4 nitrogen and oxygen atoms in total. The number of hydrogen-bond acceptors (Lipinski definition) is 3. The smallest absolute Gasteiger partial charge is 0.335 e. The number of rotatable bonds is 3. The number of aromatic carboxylic acids is 1. The fraction of sp³-hybridized carbons (Fsp3) is 0.133. The number of carboxylic acids is 1. The number of nitrogens with one attached hydrogen (secondary N) is 1. The van der Waals surface area contributed by atoms with Crippen molar-refractivity contribution < 1.29 is 14.6 Å². The third-order valence-electron chi connectivity index (χ3n) is 3.19. The van der Waals surface area contributed by atoms with Crippen LogP contribution in [0.2, 0.25) is 5.02 Å². The minimum atomic E-state index is -1.01. The third-order valence-corrected chi connectivity index (χ3v) is 3.49. The molecule has 2 aromatic rings. The highest BCUT2D eigenvalue weighted by Gasteiger charge is 2.12.